The largest absolute Gasteiger partial charge is 0.375 e. The molecule has 0 saturated heterocycles. The minimum Gasteiger partial charge on any atom is -0.375 e. The summed E-state index contributed by atoms with van der Waals surface area (Å²) < 4.78 is 1.94. The first-order valence-electron chi connectivity index (χ1n) is 6.60. The number of hydrogen-bond acceptors (Lipinski definition) is 4. The standard InChI is InChI=1S/C14H17N3OS/c1-9-6-7-11(12-8-19-14(15)16-12)13(18)17(9)10-4-2-3-5-10/h6-8,10H,2-5H2,1H3,(H2,15,16). The second-order valence-corrected chi connectivity index (χ2v) is 5.96. The van der Waals surface area contributed by atoms with E-state index in [0.717, 1.165) is 18.5 Å². The summed E-state index contributed by atoms with van der Waals surface area (Å²) in [5, 5.41) is 2.35. The summed E-state index contributed by atoms with van der Waals surface area (Å²) in [5.74, 6) is 0. The molecule has 0 aliphatic heterocycles. The molecular formula is C14H17N3OS. The molecule has 0 spiro atoms. The van der Waals surface area contributed by atoms with Gasteiger partial charge in [-0.2, -0.15) is 0 Å². The van der Waals surface area contributed by atoms with Crippen LogP contribution in [0.3, 0.4) is 0 Å². The Morgan fingerprint density at radius 2 is 2.11 bits per heavy atom. The van der Waals surface area contributed by atoms with Crippen LogP contribution >= 0.6 is 11.3 Å². The Bertz CT molecular complexity index is 653. The fourth-order valence-corrected chi connectivity index (χ4v) is 3.43. The molecule has 2 N–H and O–H groups in total. The van der Waals surface area contributed by atoms with E-state index in [1.165, 1.54) is 24.2 Å². The van der Waals surface area contributed by atoms with E-state index >= 15 is 0 Å². The lowest BCUT2D eigenvalue weighted by Gasteiger charge is -2.17. The van der Waals surface area contributed by atoms with Gasteiger partial charge in [0.1, 0.15) is 0 Å². The van der Waals surface area contributed by atoms with Crippen molar-refractivity contribution in [1.82, 2.24) is 9.55 Å². The molecule has 100 valence electrons. The third-order valence-electron chi connectivity index (χ3n) is 3.81. The smallest absolute Gasteiger partial charge is 0.260 e. The number of nitrogens with zero attached hydrogens (tertiary/aromatic N) is 2. The maximum Gasteiger partial charge on any atom is 0.260 e. The Morgan fingerprint density at radius 1 is 1.37 bits per heavy atom. The first-order valence-corrected chi connectivity index (χ1v) is 7.48. The summed E-state index contributed by atoms with van der Waals surface area (Å²) >= 11 is 1.37. The van der Waals surface area contributed by atoms with Crippen LogP contribution in [0.2, 0.25) is 0 Å². The Balaban J connectivity index is 2.12. The van der Waals surface area contributed by atoms with E-state index in [1.807, 2.05) is 29.0 Å². The van der Waals surface area contributed by atoms with Crippen LogP contribution in [0, 0.1) is 6.92 Å². The summed E-state index contributed by atoms with van der Waals surface area (Å²) in [6.45, 7) is 2.00. The Morgan fingerprint density at radius 3 is 2.74 bits per heavy atom. The number of nitrogens with two attached hydrogens (primary N) is 1. The van der Waals surface area contributed by atoms with Crippen molar-refractivity contribution in [3.8, 4) is 11.3 Å². The number of anilines is 1. The molecule has 1 fully saturated rings. The lowest BCUT2D eigenvalue weighted by molar-refractivity contribution is 0.492. The Hall–Kier alpha value is -1.62. The van der Waals surface area contributed by atoms with E-state index in [9.17, 15) is 4.79 Å². The summed E-state index contributed by atoms with van der Waals surface area (Å²) in [5.41, 5.74) is 8.10. The van der Waals surface area contributed by atoms with Crippen molar-refractivity contribution in [2.75, 3.05) is 5.73 Å². The van der Waals surface area contributed by atoms with Gasteiger partial charge in [0.15, 0.2) is 5.13 Å². The maximum atomic E-state index is 12.7. The second kappa shape index (κ2) is 4.81. The highest BCUT2D eigenvalue weighted by atomic mass is 32.1. The predicted octanol–water partition coefficient (Wildman–Crippen LogP) is 2.98. The van der Waals surface area contributed by atoms with Crippen LogP contribution in [0.25, 0.3) is 11.3 Å². The Kier molecular flexibility index (Phi) is 3.14. The molecule has 1 saturated carbocycles. The van der Waals surface area contributed by atoms with E-state index in [4.69, 9.17) is 5.73 Å². The van der Waals surface area contributed by atoms with Gasteiger partial charge in [-0.15, -0.1) is 11.3 Å². The predicted molar refractivity (Wildman–Crippen MR) is 78.5 cm³/mol. The third kappa shape index (κ3) is 2.18. The van der Waals surface area contributed by atoms with Gasteiger partial charge in [0.25, 0.3) is 5.56 Å². The van der Waals surface area contributed by atoms with E-state index < -0.39 is 0 Å². The highest BCUT2D eigenvalue weighted by Gasteiger charge is 2.21. The summed E-state index contributed by atoms with van der Waals surface area (Å²) in [6, 6.07) is 4.21. The van der Waals surface area contributed by atoms with Gasteiger partial charge in [-0.1, -0.05) is 12.8 Å². The van der Waals surface area contributed by atoms with Crippen molar-refractivity contribution in [3.05, 3.63) is 33.6 Å². The van der Waals surface area contributed by atoms with Crippen LogP contribution in [0.15, 0.2) is 22.3 Å². The number of thiazole rings is 1. The molecule has 0 radical (unpaired) electrons. The van der Waals surface area contributed by atoms with Crippen LogP contribution in [0.1, 0.15) is 37.4 Å². The molecule has 2 heterocycles. The van der Waals surface area contributed by atoms with Crippen LogP contribution < -0.4 is 11.3 Å². The molecule has 0 atom stereocenters. The molecule has 3 rings (SSSR count). The molecule has 2 aromatic rings. The van der Waals surface area contributed by atoms with Gasteiger partial charge in [0.05, 0.1) is 11.3 Å². The van der Waals surface area contributed by atoms with Crippen molar-refractivity contribution in [1.29, 1.82) is 0 Å². The van der Waals surface area contributed by atoms with Crippen molar-refractivity contribution in [2.24, 2.45) is 0 Å². The van der Waals surface area contributed by atoms with Gasteiger partial charge in [-0.3, -0.25) is 4.79 Å². The molecule has 0 unspecified atom stereocenters. The topological polar surface area (TPSA) is 60.9 Å². The molecule has 4 nitrogen and oxygen atoms in total. The molecule has 2 aromatic heterocycles. The number of nitrogen functional groups attached to an aromatic ring is 1. The van der Waals surface area contributed by atoms with Crippen molar-refractivity contribution in [2.45, 2.75) is 38.6 Å². The first kappa shape index (κ1) is 12.4. The maximum absolute atomic E-state index is 12.7. The van der Waals surface area contributed by atoms with Crippen LogP contribution in [0.5, 0.6) is 0 Å². The monoisotopic (exact) mass is 275 g/mol. The van der Waals surface area contributed by atoms with E-state index in [2.05, 4.69) is 4.98 Å². The quantitative estimate of drug-likeness (QED) is 0.916. The second-order valence-electron chi connectivity index (χ2n) is 5.07. The normalized spacial score (nSPS) is 16.1. The zero-order chi connectivity index (χ0) is 13.4. The van der Waals surface area contributed by atoms with Gasteiger partial charge in [-0.05, 0) is 31.9 Å². The number of pyridine rings is 1. The third-order valence-corrected chi connectivity index (χ3v) is 4.48. The fourth-order valence-electron chi connectivity index (χ4n) is 2.87. The number of rotatable bonds is 2. The zero-order valence-electron chi connectivity index (χ0n) is 10.9. The van der Waals surface area contributed by atoms with Gasteiger partial charge in [0.2, 0.25) is 0 Å². The summed E-state index contributed by atoms with van der Waals surface area (Å²) in [7, 11) is 0. The molecule has 0 aromatic carbocycles. The molecule has 0 bridgehead atoms. The first-order chi connectivity index (χ1) is 9.16. The number of aryl methyl sites for hydroxylation is 1. The average Bonchev–Trinajstić information content (AvgIpc) is 3.01. The van der Waals surface area contributed by atoms with Crippen LogP contribution in [-0.4, -0.2) is 9.55 Å². The molecule has 1 aliphatic rings. The summed E-state index contributed by atoms with van der Waals surface area (Å²) in [4.78, 5) is 16.9. The highest BCUT2D eigenvalue weighted by Crippen LogP contribution is 2.30. The molecular weight excluding hydrogens is 258 g/mol. The lowest BCUT2D eigenvalue weighted by Crippen LogP contribution is -2.26. The van der Waals surface area contributed by atoms with Crippen LogP contribution in [-0.2, 0) is 0 Å². The fraction of sp³-hybridized carbons (Fsp3) is 0.429. The van der Waals surface area contributed by atoms with E-state index in [-0.39, 0.29) is 5.56 Å². The van der Waals surface area contributed by atoms with Gasteiger partial charge < -0.3 is 10.3 Å². The zero-order valence-corrected chi connectivity index (χ0v) is 11.7. The minimum atomic E-state index is 0.0669. The molecule has 5 heteroatoms. The van der Waals surface area contributed by atoms with E-state index in [1.54, 1.807) is 0 Å². The van der Waals surface area contributed by atoms with E-state index in [0.29, 0.717) is 22.4 Å². The number of aromatic nitrogens is 2. The molecule has 0 amide bonds. The minimum absolute atomic E-state index is 0.0669. The van der Waals surface area contributed by atoms with Gasteiger partial charge in [0, 0.05) is 17.1 Å². The summed E-state index contributed by atoms with van der Waals surface area (Å²) in [6.07, 6.45) is 4.63. The van der Waals surface area contributed by atoms with Gasteiger partial charge in [-0.25, -0.2) is 4.98 Å². The van der Waals surface area contributed by atoms with Crippen molar-refractivity contribution in [3.63, 3.8) is 0 Å². The van der Waals surface area contributed by atoms with Crippen LogP contribution in [0.4, 0.5) is 5.13 Å². The lowest BCUT2D eigenvalue weighted by atomic mass is 10.1. The van der Waals surface area contributed by atoms with Crippen molar-refractivity contribution < 1.29 is 0 Å². The average molecular weight is 275 g/mol. The Labute approximate surface area is 115 Å². The molecule has 1 aliphatic carbocycles. The van der Waals surface area contributed by atoms with Crippen molar-refractivity contribution >= 4 is 16.5 Å². The number of hydrogen-bond donors (Lipinski definition) is 1. The molecule has 19 heavy (non-hydrogen) atoms. The SMILES string of the molecule is Cc1ccc(-c2csc(N)n2)c(=O)n1C1CCCC1. The highest BCUT2D eigenvalue weighted by molar-refractivity contribution is 7.13. The van der Waals surface area contributed by atoms with Gasteiger partial charge >= 0.3 is 0 Å².